The van der Waals surface area contributed by atoms with Crippen molar-refractivity contribution >= 4 is 6.08 Å². The maximum atomic E-state index is 14.2. The van der Waals surface area contributed by atoms with E-state index in [1.54, 1.807) is 37.3 Å². The number of ether oxygens (including phenoxy) is 1. The zero-order chi connectivity index (χ0) is 20.8. The van der Waals surface area contributed by atoms with Gasteiger partial charge in [-0.3, -0.25) is 0 Å². The fourth-order valence-corrected chi connectivity index (χ4v) is 3.20. The van der Waals surface area contributed by atoms with Gasteiger partial charge in [0.2, 0.25) is 0 Å². The minimum Gasteiger partial charge on any atom is -0.491 e. The second-order valence-electron chi connectivity index (χ2n) is 6.72. The Bertz CT molecular complexity index is 1010. The average molecular weight is 396 g/mol. The van der Waals surface area contributed by atoms with E-state index >= 15 is 0 Å². The zero-order valence-electron chi connectivity index (χ0n) is 16.5. The van der Waals surface area contributed by atoms with Crippen LogP contribution < -0.4 is 4.74 Å². The van der Waals surface area contributed by atoms with Gasteiger partial charge in [0, 0.05) is 5.56 Å². The molecule has 0 spiro atoms. The monoisotopic (exact) mass is 396 g/mol. The van der Waals surface area contributed by atoms with Crippen molar-refractivity contribution in [2.75, 3.05) is 6.61 Å². The van der Waals surface area contributed by atoms with Gasteiger partial charge in [0.05, 0.1) is 6.61 Å². The molecule has 0 aromatic heterocycles. The molecule has 0 amide bonds. The highest BCUT2D eigenvalue weighted by Crippen LogP contribution is 2.26. The Morgan fingerprint density at radius 3 is 2.21 bits per heavy atom. The molecule has 0 heterocycles. The van der Waals surface area contributed by atoms with Gasteiger partial charge in [-0.2, -0.15) is 0 Å². The molecule has 3 aromatic carbocycles. The molecule has 0 radical (unpaired) electrons. The first kappa shape index (κ1) is 20.7. The van der Waals surface area contributed by atoms with Gasteiger partial charge in [-0.15, -0.1) is 0 Å². The van der Waals surface area contributed by atoms with Crippen LogP contribution in [-0.4, -0.2) is 6.61 Å². The summed E-state index contributed by atoms with van der Waals surface area (Å²) in [5, 5.41) is 0. The molecule has 29 heavy (non-hydrogen) atoms. The SMILES string of the molecule is C/C=C/c1ccc(CCc2ccc(-c3ccc(OCC)c(F)c3)cc2)c(F)c1F. The lowest BCUT2D eigenvalue weighted by Crippen LogP contribution is -1.99. The molecule has 4 heteroatoms. The second-order valence-corrected chi connectivity index (χ2v) is 6.72. The van der Waals surface area contributed by atoms with Gasteiger partial charge in [0.1, 0.15) is 0 Å². The lowest BCUT2D eigenvalue weighted by molar-refractivity contribution is 0.321. The van der Waals surface area contributed by atoms with E-state index in [9.17, 15) is 13.2 Å². The zero-order valence-corrected chi connectivity index (χ0v) is 16.5. The number of halogens is 3. The molecule has 0 fully saturated rings. The van der Waals surface area contributed by atoms with Gasteiger partial charge < -0.3 is 4.74 Å². The first-order chi connectivity index (χ1) is 14.0. The summed E-state index contributed by atoms with van der Waals surface area (Å²) in [7, 11) is 0. The lowest BCUT2D eigenvalue weighted by Gasteiger charge is -2.09. The van der Waals surface area contributed by atoms with E-state index in [0.717, 1.165) is 16.7 Å². The van der Waals surface area contributed by atoms with E-state index in [4.69, 9.17) is 4.74 Å². The molecular formula is C25H23F3O. The number of benzene rings is 3. The first-order valence-corrected chi connectivity index (χ1v) is 9.64. The van der Waals surface area contributed by atoms with Gasteiger partial charge >= 0.3 is 0 Å². The molecule has 1 nitrogen and oxygen atoms in total. The minimum absolute atomic E-state index is 0.238. The van der Waals surface area contributed by atoms with Crippen LogP contribution in [0.15, 0.2) is 60.7 Å². The van der Waals surface area contributed by atoms with Crippen LogP contribution in [0.3, 0.4) is 0 Å². The van der Waals surface area contributed by atoms with Gasteiger partial charge in [-0.1, -0.05) is 54.6 Å². The summed E-state index contributed by atoms with van der Waals surface area (Å²) in [5.41, 5.74) is 3.24. The molecule has 3 aromatic rings. The Morgan fingerprint density at radius 1 is 0.828 bits per heavy atom. The predicted octanol–water partition coefficient (Wildman–Crippen LogP) is 6.99. The van der Waals surface area contributed by atoms with Crippen LogP contribution in [0, 0.1) is 17.5 Å². The summed E-state index contributed by atoms with van der Waals surface area (Å²) in [5.74, 6) is -1.76. The molecule has 0 atom stereocenters. The third-order valence-electron chi connectivity index (χ3n) is 4.74. The summed E-state index contributed by atoms with van der Waals surface area (Å²) in [6, 6.07) is 15.8. The Balaban J connectivity index is 1.70. The van der Waals surface area contributed by atoms with E-state index in [-0.39, 0.29) is 11.3 Å². The maximum absolute atomic E-state index is 14.2. The van der Waals surface area contributed by atoms with Crippen LogP contribution in [0.2, 0.25) is 0 Å². The molecule has 0 bridgehead atoms. The Morgan fingerprint density at radius 2 is 1.55 bits per heavy atom. The summed E-state index contributed by atoms with van der Waals surface area (Å²) >= 11 is 0. The fraction of sp³-hybridized carbons (Fsp3) is 0.200. The standard InChI is InChI=1S/C25H23F3O/c1-3-5-19-12-13-20(25(28)24(19)27)11-8-17-6-9-18(10-7-17)21-14-15-23(29-4-2)22(26)16-21/h3,5-7,9-10,12-16H,4,8,11H2,1-2H3/b5-3+. The maximum Gasteiger partial charge on any atom is 0.166 e. The van der Waals surface area contributed by atoms with Crippen LogP contribution in [0.4, 0.5) is 13.2 Å². The summed E-state index contributed by atoms with van der Waals surface area (Å²) < 4.78 is 47.6. The van der Waals surface area contributed by atoms with E-state index in [0.29, 0.717) is 25.0 Å². The summed E-state index contributed by atoms with van der Waals surface area (Å²) in [6.45, 7) is 3.98. The smallest absolute Gasteiger partial charge is 0.166 e. The average Bonchev–Trinajstić information content (AvgIpc) is 2.73. The van der Waals surface area contributed by atoms with E-state index in [1.807, 2.05) is 37.3 Å². The molecule has 0 aliphatic carbocycles. The summed E-state index contributed by atoms with van der Waals surface area (Å²) in [6.07, 6.45) is 4.20. The number of hydrogen-bond acceptors (Lipinski definition) is 1. The fourth-order valence-electron chi connectivity index (χ4n) is 3.20. The van der Waals surface area contributed by atoms with Crippen molar-refractivity contribution in [2.45, 2.75) is 26.7 Å². The van der Waals surface area contributed by atoms with Crippen LogP contribution in [-0.2, 0) is 12.8 Å². The van der Waals surface area contributed by atoms with Crippen LogP contribution in [0.25, 0.3) is 17.2 Å². The molecule has 150 valence electrons. The number of rotatable bonds is 7. The lowest BCUT2D eigenvalue weighted by atomic mass is 9.99. The minimum atomic E-state index is -0.812. The number of allylic oxidation sites excluding steroid dienone is 1. The van der Waals surface area contributed by atoms with Crippen LogP contribution in [0.1, 0.15) is 30.5 Å². The Kier molecular flexibility index (Phi) is 6.76. The van der Waals surface area contributed by atoms with Crippen molar-refractivity contribution in [3.8, 4) is 16.9 Å². The molecule has 0 N–H and O–H groups in total. The van der Waals surface area contributed by atoms with E-state index in [1.165, 1.54) is 6.07 Å². The van der Waals surface area contributed by atoms with Crippen molar-refractivity contribution < 1.29 is 17.9 Å². The quantitative estimate of drug-likeness (QED) is 0.418. The normalized spacial score (nSPS) is 11.2. The first-order valence-electron chi connectivity index (χ1n) is 9.64. The molecule has 0 aliphatic heterocycles. The third-order valence-corrected chi connectivity index (χ3v) is 4.74. The van der Waals surface area contributed by atoms with Gasteiger partial charge in [-0.25, -0.2) is 13.2 Å². The van der Waals surface area contributed by atoms with Gasteiger partial charge in [0.15, 0.2) is 23.2 Å². The highest BCUT2D eigenvalue weighted by atomic mass is 19.2. The van der Waals surface area contributed by atoms with Crippen LogP contribution >= 0.6 is 0 Å². The number of aryl methyl sites for hydroxylation is 2. The molecule has 0 aliphatic rings. The van der Waals surface area contributed by atoms with Gasteiger partial charge in [-0.05, 0) is 61.1 Å². The highest BCUT2D eigenvalue weighted by Gasteiger charge is 2.12. The molecule has 3 rings (SSSR count). The number of hydrogen-bond donors (Lipinski definition) is 0. The van der Waals surface area contributed by atoms with Crippen molar-refractivity contribution in [2.24, 2.45) is 0 Å². The predicted molar refractivity (Wildman–Crippen MR) is 111 cm³/mol. The van der Waals surface area contributed by atoms with Crippen LogP contribution in [0.5, 0.6) is 5.75 Å². The summed E-state index contributed by atoms with van der Waals surface area (Å²) in [4.78, 5) is 0. The Labute approximate surface area is 169 Å². The molecule has 0 saturated heterocycles. The van der Waals surface area contributed by atoms with Gasteiger partial charge in [0.25, 0.3) is 0 Å². The van der Waals surface area contributed by atoms with Crippen molar-refractivity contribution in [1.82, 2.24) is 0 Å². The molecule has 0 saturated carbocycles. The second kappa shape index (κ2) is 9.46. The van der Waals surface area contributed by atoms with Crippen molar-refractivity contribution in [3.63, 3.8) is 0 Å². The van der Waals surface area contributed by atoms with Crippen molar-refractivity contribution in [3.05, 3.63) is 94.8 Å². The van der Waals surface area contributed by atoms with Crippen molar-refractivity contribution in [1.29, 1.82) is 0 Å². The Hall–Kier alpha value is -3.01. The largest absolute Gasteiger partial charge is 0.491 e. The van der Waals surface area contributed by atoms with E-state index < -0.39 is 17.5 Å². The highest BCUT2D eigenvalue weighted by molar-refractivity contribution is 5.64. The topological polar surface area (TPSA) is 9.23 Å². The molecular weight excluding hydrogens is 373 g/mol. The third kappa shape index (κ3) is 4.89. The molecule has 0 unspecified atom stereocenters. The van der Waals surface area contributed by atoms with E-state index in [2.05, 4.69) is 0 Å².